The molecule has 77 heavy (non-hydrogen) atoms. The van der Waals surface area contributed by atoms with Gasteiger partial charge in [-0.3, -0.25) is 9.59 Å². The molecule has 11 nitrogen and oxygen atoms in total. The van der Waals surface area contributed by atoms with E-state index in [-0.39, 0.29) is 13.0 Å². The summed E-state index contributed by atoms with van der Waals surface area (Å²) in [5.74, 6) is -1.18. The standard InChI is InChI=1S/C66H127NO10/c1-4-7-10-13-16-19-22-24-25-26-27-28-29-30-31-32-33-34-36-39-41-44-47-50-53-59(70)65(74)67-57(58(69)52-49-46-43-40-38-35-23-20-17-14-11-8-5-2)56-75-66-64(63(73)62(72)60(55-68)76-66)77-61(71)54-51-48-45-42-37-21-18-15-12-9-6-3/h49,52,57-60,62-64,66,68-70,72-73H,4-48,50-51,53-56H2,1-3H3,(H,67,74)/b52-49+. The van der Waals surface area contributed by atoms with Gasteiger partial charge in [-0.2, -0.15) is 0 Å². The van der Waals surface area contributed by atoms with Crippen molar-refractivity contribution >= 4 is 11.9 Å². The number of allylic oxidation sites excluding steroid dienone is 1. The number of hydrogen-bond acceptors (Lipinski definition) is 10. The van der Waals surface area contributed by atoms with Crippen molar-refractivity contribution in [2.75, 3.05) is 13.2 Å². The van der Waals surface area contributed by atoms with Crippen LogP contribution >= 0.6 is 0 Å². The molecule has 1 rings (SSSR count). The molecule has 0 bridgehead atoms. The van der Waals surface area contributed by atoms with E-state index in [2.05, 4.69) is 26.1 Å². The molecule has 8 unspecified atom stereocenters. The van der Waals surface area contributed by atoms with E-state index in [1.54, 1.807) is 6.08 Å². The van der Waals surface area contributed by atoms with Crippen LogP contribution in [0.4, 0.5) is 0 Å². The molecular formula is C66H127NO10. The monoisotopic (exact) mass is 1090 g/mol. The molecule has 456 valence electrons. The van der Waals surface area contributed by atoms with Gasteiger partial charge in [0, 0.05) is 6.42 Å². The number of amides is 1. The zero-order chi connectivity index (χ0) is 56.1. The Kier molecular flexibility index (Phi) is 52.4. The summed E-state index contributed by atoms with van der Waals surface area (Å²) in [6, 6.07) is -1.02. The highest BCUT2D eigenvalue weighted by atomic mass is 16.7. The van der Waals surface area contributed by atoms with Crippen LogP contribution in [0.2, 0.25) is 0 Å². The fourth-order valence-corrected chi connectivity index (χ4v) is 10.9. The fourth-order valence-electron chi connectivity index (χ4n) is 10.9. The van der Waals surface area contributed by atoms with E-state index in [0.717, 1.165) is 57.8 Å². The highest BCUT2D eigenvalue weighted by Crippen LogP contribution is 2.26. The molecule has 1 amide bonds. The zero-order valence-corrected chi connectivity index (χ0v) is 50.6. The average molecular weight is 1090 g/mol. The van der Waals surface area contributed by atoms with E-state index in [4.69, 9.17) is 14.2 Å². The Morgan fingerprint density at radius 3 is 1.22 bits per heavy atom. The third kappa shape index (κ3) is 42.9. The molecule has 0 aromatic heterocycles. The van der Waals surface area contributed by atoms with Gasteiger partial charge in [-0.25, -0.2) is 0 Å². The lowest BCUT2D eigenvalue weighted by atomic mass is 9.99. The van der Waals surface area contributed by atoms with Gasteiger partial charge < -0.3 is 45.1 Å². The van der Waals surface area contributed by atoms with Crippen molar-refractivity contribution in [3.8, 4) is 0 Å². The highest BCUT2D eigenvalue weighted by Gasteiger charge is 2.47. The van der Waals surface area contributed by atoms with Crippen molar-refractivity contribution in [3.63, 3.8) is 0 Å². The Balaban J connectivity index is 2.57. The summed E-state index contributed by atoms with van der Waals surface area (Å²) in [5.41, 5.74) is 0. The number of unbranched alkanes of at least 4 members (excludes halogenated alkanes) is 44. The molecule has 1 aliphatic rings. The summed E-state index contributed by atoms with van der Waals surface area (Å²) >= 11 is 0. The minimum atomic E-state index is -1.61. The lowest BCUT2D eigenvalue weighted by molar-refractivity contribution is -0.305. The first-order chi connectivity index (χ1) is 37.7. The Morgan fingerprint density at radius 2 is 0.844 bits per heavy atom. The predicted octanol–water partition coefficient (Wildman–Crippen LogP) is 16.3. The Labute approximate surface area is 474 Å². The SMILES string of the molecule is CCCCCCCCCCCCC/C=C/C(O)C(COC1OC(CO)C(O)C(O)C1OC(=O)CCCCCCCCCCCCC)NC(=O)C(O)CCCCCCCCCCCCCCCCCCCCCCCCCC. The molecule has 11 heteroatoms. The first kappa shape index (κ1) is 73.4. The molecule has 0 aromatic carbocycles. The number of carbonyl (C=O) groups is 2. The number of esters is 1. The molecule has 1 saturated heterocycles. The number of carbonyl (C=O) groups excluding carboxylic acids is 2. The van der Waals surface area contributed by atoms with Gasteiger partial charge in [0.05, 0.1) is 25.4 Å². The van der Waals surface area contributed by atoms with E-state index in [9.17, 15) is 35.1 Å². The van der Waals surface area contributed by atoms with Crippen molar-refractivity contribution in [2.24, 2.45) is 0 Å². The van der Waals surface area contributed by atoms with Gasteiger partial charge in [0.1, 0.15) is 24.4 Å². The number of hydrogen-bond donors (Lipinski definition) is 6. The molecule has 0 aliphatic carbocycles. The number of rotatable bonds is 58. The maximum Gasteiger partial charge on any atom is 0.306 e. The first-order valence-corrected chi connectivity index (χ1v) is 33.5. The number of aliphatic hydroxyl groups excluding tert-OH is 5. The number of aliphatic hydroxyl groups is 5. The van der Waals surface area contributed by atoms with E-state index in [1.165, 1.54) is 231 Å². The average Bonchev–Trinajstić information content (AvgIpc) is 3.43. The second-order valence-electron chi connectivity index (χ2n) is 23.6. The topological polar surface area (TPSA) is 175 Å². The van der Waals surface area contributed by atoms with Gasteiger partial charge in [0.15, 0.2) is 12.4 Å². The van der Waals surface area contributed by atoms with Crippen molar-refractivity contribution < 1.29 is 49.3 Å². The molecule has 1 fully saturated rings. The van der Waals surface area contributed by atoms with Crippen LogP contribution in [0.1, 0.15) is 335 Å². The molecule has 0 spiro atoms. The summed E-state index contributed by atoms with van der Waals surface area (Å²) in [4.78, 5) is 26.5. The minimum Gasteiger partial charge on any atom is -0.454 e. The van der Waals surface area contributed by atoms with Gasteiger partial charge in [-0.15, -0.1) is 0 Å². The lowest BCUT2D eigenvalue weighted by Crippen LogP contribution is -2.61. The molecule has 1 heterocycles. The fraction of sp³-hybridized carbons (Fsp3) is 0.939. The Morgan fingerprint density at radius 1 is 0.494 bits per heavy atom. The highest BCUT2D eigenvalue weighted by molar-refractivity contribution is 5.80. The van der Waals surface area contributed by atoms with E-state index < -0.39 is 67.4 Å². The van der Waals surface area contributed by atoms with Crippen LogP contribution in [0.15, 0.2) is 12.2 Å². The van der Waals surface area contributed by atoms with Gasteiger partial charge >= 0.3 is 5.97 Å². The molecule has 0 aromatic rings. The summed E-state index contributed by atoms with van der Waals surface area (Å²) in [7, 11) is 0. The summed E-state index contributed by atoms with van der Waals surface area (Å²) < 4.78 is 17.6. The third-order valence-electron chi connectivity index (χ3n) is 16.2. The predicted molar refractivity (Wildman–Crippen MR) is 320 cm³/mol. The van der Waals surface area contributed by atoms with Gasteiger partial charge in [-0.1, -0.05) is 315 Å². The van der Waals surface area contributed by atoms with Crippen molar-refractivity contribution in [1.82, 2.24) is 5.32 Å². The van der Waals surface area contributed by atoms with Crippen molar-refractivity contribution in [1.29, 1.82) is 0 Å². The van der Waals surface area contributed by atoms with Crippen LogP contribution in [0.3, 0.4) is 0 Å². The molecule has 1 aliphatic heterocycles. The van der Waals surface area contributed by atoms with Crippen LogP contribution in [0, 0.1) is 0 Å². The Bertz CT molecular complexity index is 1300. The second kappa shape index (κ2) is 55.0. The van der Waals surface area contributed by atoms with Gasteiger partial charge in [0.25, 0.3) is 0 Å². The quantitative estimate of drug-likeness (QED) is 0.0195. The van der Waals surface area contributed by atoms with E-state index >= 15 is 0 Å². The van der Waals surface area contributed by atoms with Gasteiger partial charge in [-0.05, 0) is 25.7 Å². The van der Waals surface area contributed by atoms with Crippen LogP contribution < -0.4 is 5.32 Å². The maximum absolute atomic E-state index is 13.5. The molecule has 6 N–H and O–H groups in total. The minimum absolute atomic E-state index is 0.130. The van der Waals surface area contributed by atoms with Gasteiger partial charge in [0.2, 0.25) is 5.91 Å². The largest absolute Gasteiger partial charge is 0.454 e. The van der Waals surface area contributed by atoms with Crippen LogP contribution in [0.25, 0.3) is 0 Å². The Hall–Kier alpha value is -1.60. The number of ether oxygens (including phenoxy) is 3. The van der Waals surface area contributed by atoms with Crippen LogP contribution in [0.5, 0.6) is 0 Å². The van der Waals surface area contributed by atoms with Crippen LogP contribution in [-0.4, -0.2) is 99.6 Å². The molecule has 0 saturated carbocycles. The van der Waals surface area contributed by atoms with Crippen LogP contribution in [-0.2, 0) is 23.8 Å². The van der Waals surface area contributed by atoms with E-state index in [0.29, 0.717) is 19.3 Å². The smallest absolute Gasteiger partial charge is 0.306 e. The first-order valence-electron chi connectivity index (χ1n) is 33.5. The summed E-state index contributed by atoms with van der Waals surface area (Å²) in [6.45, 7) is 5.82. The summed E-state index contributed by atoms with van der Waals surface area (Å²) in [6.07, 6.45) is 52.7. The molecular weight excluding hydrogens is 967 g/mol. The number of nitrogens with one attached hydrogen (secondary N) is 1. The second-order valence-corrected chi connectivity index (χ2v) is 23.6. The van der Waals surface area contributed by atoms with Crippen molar-refractivity contribution in [3.05, 3.63) is 12.2 Å². The normalized spacial score (nSPS) is 19.0. The van der Waals surface area contributed by atoms with E-state index in [1.807, 2.05) is 6.08 Å². The molecule has 8 atom stereocenters. The third-order valence-corrected chi connectivity index (χ3v) is 16.2. The van der Waals surface area contributed by atoms with Crippen molar-refractivity contribution in [2.45, 2.75) is 384 Å². The molecule has 0 radical (unpaired) electrons. The maximum atomic E-state index is 13.5. The lowest BCUT2D eigenvalue weighted by Gasteiger charge is -2.41. The zero-order valence-electron chi connectivity index (χ0n) is 50.6. The summed E-state index contributed by atoms with van der Waals surface area (Å²) in [5, 5.41) is 57.0.